The van der Waals surface area contributed by atoms with Crippen LogP contribution in [0, 0.1) is 5.92 Å². The largest absolute Gasteiger partial charge is 0.508 e. The Kier molecular flexibility index (Phi) is 4.27. The molecule has 2 rings (SSSR count). The molecule has 1 aliphatic rings. The van der Waals surface area contributed by atoms with Crippen LogP contribution >= 0.6 is 0 Å². The van der Waals surface area contributed by atoms with E-state index in [-0.39, 0.29) is 11.7 Å². The number of amides is 1. The molecule has 19 heavy (non-hydrogen) atoms. The number of rotatable bonds is 3. The third-order valence-electron chi connectivity index (χ3n) is 3.49. The van der Waals surface area contributed by atoms with Gasteiger partial charge in [0.1, 0.15) is 5.75 Å². The average molecular weight is 264 g/mol. The fourth-order valence-electron chi connectivity index (χ4n) is 2.33. The standard InChI is InChI=1S/C14H20N2O3/c1-16(9-10-4-6-19-7-5-10)14(18)12-8-11(17)2-3-13(12)15/h2-3,8,10,17H,4-7,9,15H2,1H3. The number of ether oxygens (including phenoxy) is 1. The second-order valence-corrected chi connectivity index (χ2v) is 5.01. The van der Waals surface area contributed by atoms with Crippen molar-refractivity contribution < 1.29 is 14.6 Å². The molecular formula is C14H20N2O3. The molecule has 5 nitrogen and oxygen atoms in total. The topological polar surface area (TPSA) is 75.8 Å². The summed E-state index contributed by atoms with van der Waals surface area (Å²) in [5.41, 5.74) is 6.53. The van der Waals surface area contributed by atoms with Crippen LogP contribution in [0.5, 0.6) is 5.75 Å². The number of anilines is 1. The fraction of sp³-hybridized carbons (Fsp3) is 0.500. The zero-order valence-corrected chi connectivity index (χ0v) is 11.1. The third-order valence-corrected chi connectivity index (χ3v) is 3.49. The predicted octanol–water partition coefficient (Wildman–Crippen LogP) is 1.47. The second-order valence-electron chi connectivity index (χ2n) is 5.01. The molecule has 1 aromatic carbocycles. The molecule has 104 valence electrons. The number of nitrogens with two attached hydrogens (primary N) is 1. The van der Waals surface area contributed by atoms with Crippen molar-refractivity contribution in [2.75, 3.05) is 32.5 Å². The van der Waals surface area contributed by atoms with Gasteiger partial charge in [-0.2, -0.15) is 0 Å². The average Bonchev–Trinajstić information content (AvgIpc) is 2.42. The van der Waals surface area contributed by atoms with Gasteiger partial charge in [0.25, 0.3) is 5.91 Å². The fourth-order valence-corrected chi connectivity index (χ4v) is 2.33. The van der Waals surface area contributed by atoms with Gasteiger partial charge in [-0.15, -0.1) is 0 Å². The lowest BCUT2D eigenvalue weighted by molar-refractivity contribution is 0.0497. The highest BCUT2D eigenvalue weighted by Gasteiger charge is 2.20. The Labute approximate surface area is 113 Å². The van der Waals surface area contributed by atoms with E-state index in [4.69, 9.17) is 10.5 Å². The molecule has 0 atom stereocenters. The Hall–Kier alpha value is -1.75. The van der Waals surface area contributed by atoms with Crippen LogP contribution < -0.4 is 5.73 Å². The Morgan fingerprint density at radius 2 is 2.16 bits per heavy atom. The normalized spacial score (nSPS) is 16.3. The number of hydrogen-bond acceptors (Lipinski definition) is 4. The molecule has 0 aliphatic carbocycles. The van der Waals surface area contributed by atoms with Gasteiger partial charge >= 0.3 is 0 Å². The molecule has 1 amide bonds. The maximum Gasteiger partial charge on any atom is 0.255 e. The Balaban J connectivity index is 2.03. The molecule has 0 bridgehead atoms. The molecule has 1 saturated heterocycles. The van der Waals surface area contributed by atoms with Crippen molar-refractivity contribution in [1.29, 1.82) is 0 Å². The predicted molar refractivity (Wildman–Crippen MR) is 73.0 cm³/mol. The first-order valence-corrected chi connectivity index (χ1v) is 6.49. The summed E-state index contributed by atoms with van der Waals surface area (Å²) in [6, 6.07) is 4.44. The summed E-state index contributed by atoms with van der Waals surface area (Å²) in [7, 11) is 1.77. The van der Waals surface area contributed by atoms with Gasteiger partial charge in [-0.25, -0.2) is 0 Å². The zero-order chi connectivity index (χ0) is 13.8. The van der Waals surface area contributed by atoms with Crippen molar-refractivity contribution in [1.82, 2.24) is 4.90 Å². The number of aromatic hydroxyl groups is 1. The van der Waals surface area contributed by atoms with Crippen molar-refractivity contribution in [2.45, 2.75) is 12.8 Å². The van der Waals surface area contributed by atoms with Gasteiger partial charge in [-0.3, -0.25) is 4.79 Å². The lowest BCUT2D eigenvalue weighted by Gasteiger charge is -2.27. The number of nitrogen functional groups attached to an aromatic ring is 1. The van der Waals surface area contributed by atoms with Crippen LogP contribution in [0.25, 0.3) is 0 Å². The van der Waals surface area contributed by atoms with Crippen LogP contribution in [-0.2, 0) is 4.74 Å². The van der Waals surface area contributed by atoms with E-state index in [0.29, 0.717) is 23.7 Å². The molecule has 0 radical (unpaired) electrons. The summed E-state index contributed by atoms with van der Waals surface area (Å²) in [5, 5.41) is 9.45. The molecule has 0 spiro atoms. The van der Waals surface area contributed by atoms with Crippen LogP contribution in [0.1, 0.15) is 23.2 Å². The Bertz CT molecular complexity index is 456. The van der Waals surface area contributed by atoms with Gasteiger partial charge in [0.05, 0.1) is 5.56 Å². The Morgan fingerprint density at radius 1 is 1.47 bits per heavy atom. The second kappa shape index (κ2) is 5.93. The van der Waals surface area contributed by atoms with E-state index in [0.717, 1.165) is 26.1 Å². The third kappa shape index (κ3) is 3.38. The lowest BCUT2D eigenvalue weighted by atomic mass is 9.99. The molecule has 1 aromatic rings. The molecule has 1 fully saturated rings. The molecule has 0 unspecified atom stereocenters. The first-order valence-electron chi connectivity index (χ1n) is 6.49. The summed E-state index contributed by atoms with van der Waals surface area (Å²) in [6.07, 6.45) is 1.96. The summed E-state index contributed by atoms with van der Waals surface area (Å²) in [6.45, 7) is 2.22. The number of phenolic OH excluding ortho intramolecular Hbond substituents is 1. The van der Waals surface area contributed by atoms with Crippen LogP contribution in [0.4, 0.5) is 5.69 Å². The van der Waals surface area contributed by atoms with Crippen molar-refractivity contribution in [3.8, 4) is 5.75 Å². The van der Waals surface area contributed by atoms with Crippen LogP contribution in [0.2, 0.25) is 0 Å². The maximum atomic E-state index is 12.3. The number of carbonyl (C=O) groups excluding carboxylic acids is 1. The highest BCUT2D eigenvalue weighted by molar-refractivity contribution is 5.99. The Morgan fingerprint density at radius 3 is 2.84 bits per heavy atom. The van der Waals surface area contributed by atoms with Gasteiger partial charge in [-0.1, -0.05) is 0 Å². The lowest BCUT2D eigenvalue weighted by Crippen LogP contribution is -2.34. The first-order chi connectivity index (χ1) is 9.08. The maximum absolute atomic E-state index is 12.3. The van der Waals surface area contributed by atoms with E-state index in [2.05, 4.69) is 0 Å². The minimum Gasteiger partial charge on any atom is -0.508 e. The number of nitrogens with zero attached hydrogens (tertiary/aromatic N) is 1. The van der Waals surface area contributed by atoms with E-state index in [1.54, 1.807) is 18.0 Å². The van der Waals surface area contributed by atoms with Gasteiger partial charge in [0, 0.05) is 32.5 Å². The van der Waals surface area contributed by atoms with Crippen molar-refractivity contribution in [3.05, 3.63) is 23.8 Å². The molecule has 3 N–H and O–H groups in total. The van der Waals surface area contributed by atoms with Gasteiger partial charge < -0.3 is 20.5 Å². The molecule has 0 saturated carbocycles. The molecule has 5 heteroatoms. The van der Waals surface area contributed by atoms with E-state index < -0.39 is 0 Å². The van der Waals surface area contributed by atoms with Crippen LogP contribution in [0.3, 0.4) is 0 Å². The summed E-state index contributed by atoms with van der Waals surface area (Å²) in [4.78, 5) is 14.0. The summed E-state index contributed by atoms with van der Waals surface area (Å²) in [5.74, 6) is 0.373. The van der Waals surface area contributed by atoms with Crippen molar-refractivity contribution in [3.63, 3.8) is 0 Å². The number of hydrogen-bond donors (Lipinski definition) is 2. The monoisotopic (exact) mass is 264 g/mol. The van der Waals surface area contributed by atoms with Crippen molar-refractivity contribution in [2.24, 2.45) is 5.92 Å². The zero-order valence-electron chi connectivity index (χ0n) is 11.1. The number of benzene rings is 1. The number of phenols is 1. The smallest absolute Gasteiger partial charge is 0.255 e. The summed E-state index contributed by atoms with van der Waals surface area (Å²) < 4.78 is 5.30. The minimum absolute atomic E-state index is 0.0528. The molecular weight excluding hydrogens is 244 g/mol. The molecule has 0 aromatic heterocycles. The van der Waals surface area contributed by atoms with E-state index in [9.17, 15) is 9.90 Å². The number of carbonyl (C=O) groups is 1. The van der Waals surface area contributed by atoms with Gasteiger partial charge in [0.15, 0.2) is 0 Å². The quantitative estimate of drug-likeness (QED) is 0.640. The SMILES string of the molecule is CN(CC1CCOCC1)C(=O)c1cc(O)ccc1N. The van der Waals surface area contributed by atoms with Gasteiger partial charge in [0.2, 0.25) is 0 Å². The van der Waals surface area contributed by atoms with Crippen molar-refractivity contribution >= 4 is 11.6 Å². The van der Waals surface area contributed by atoms with Gasteiger partial charge in [-0.05, 0) is 37.0 Å². The van der Waals surface area contributed by atoms with E-state index in [1.165, 1.54) is 12.1 Å². The first kappa shape index (κ1) is 13.7. The highest BCUT2D eigenvalue weighted by Crippen LogP contribution is 2.21. The van der Waals surface area contributed by atoms with Crippen LogP contribution in [0.15, 0.2) is 18.2 Å². The molecule has 1 heterocycles. The van der Waals surface area contributed by atoms with Crippen LogP contribution in [-0.4, -0.2) is 42.7 Å². The van der Waals surface area contributed by atoms with E-state index in [1.807, 2.05) is 0 Å². The minimum atomic E-state index is -0.153. The molecule has 1 aliphatic heterocycles. The summed E-state index contributed by atoms with van der Waals surface area (Å²) >= 11 is 0. The van der Waals surface area contributed by atoms with E-state index >= 15 is 0 Å². The highest BCUT2D eigenvalue weighted by atomic mass is 16.5.